The molecular weight excluding hydrogens is 364 g/mol. The van der Waals surface area contributed by atoms with Gasteiger partial charge in [-0.05, 0) is 53.6 Å². The van der Waals surface area contributed by atoms with E-state index in [-0.39, 0.29) is 28.9 Å². The summed E-state index contributed by atoms with van der Waals surface area (Å²) in [4.78, 5) is 17.3. The largest absolute Gasteiger partial charge is 0.508 e. The third kappa shape index (κ3) is 4.34. The smallest absolute Gasteiger partial charge is 0.258 e. The number of amides is 1. The molecule has 2 N–H and O–H groups in total. The highest BCUT2D eigenvalue weighted by Gasteiger charge is 2.27. The molecule has 0 aliphatic carbocycles. The molecule has 0 saturated carbocycles. The summed E-state index contributed by atoms with van der Waals surface area (Å²) in [5.41, 5.74) is 4.43. The highest BCUT2D eigenvalue weighted by molar-refractivity contribution is 5.97. The van der Waals surface area contributed by atoms with E-state index < -0.39 is 0 Å². The number of fused-ring (bicyclic) bond motifs is 1. The van der Waals surface area contributed by atoms with Gasteiger partial charge in [-0.2, -0.15) is 0 Å². The first kappa shape index (κ1) is 21.0. The van der Waals surface area contributed by atoms with Crippen LogP contribution in [0.25, 0.3) is 0 Å². The van der Waals surface area contributed by atoms with Crippen LogP contribution in [0.1, 0.15) is 73.5 Å². The molecule has 3 rings (SSSR count). The number of carbonyl (C=O) groups is 1. The van der Waals surface area contributed by atoms with Crippen molar-refractivity contribution in [2.75, 3.05) is 18.0 Å². The fourth-order valence-electron chi connectivity index (χ4n) is 4.03. The minimum Gasteiger partial charge on any atom is -0.508 e. The van der Waals surface area contributed by atoms with Crippen LogP contribution < -0.4 is 4.90 Å². The third-order valence-electron chi connectivity index (χ3n) is 5.55. The van der Waals surface area contributed by atoms with Crippen LogP contribution in [-0.4, -0.2) is 34.1 Å². The molecule has 2 aromatic carbocycles. The van der Waals surface area contributed by atoms with E-state index in [0.717, 1.165) is 37.1 Å². The van der Waals surface area contributed by atoms with Crippen LogP contribution >= 0.6 is 0 Å². The van der Waals surface area contributed by atoms with Crippen LogP contribution in [0, 0.1) is 0 Å². The van der Waals surface area contributed by atoms with Crippen molar-refractivity contribution in [2.45, 2.75) is 59.5 Å². The topological polar surface area (TPSA) is 64.0 Å². The zero-order chi connectivity index (χ0) is 21.1. The summed E-state index contributed by atoms with van der Waals surface area (Å²) in [6, 6.07) is 9.36. The summed E-state index contributed by atoms with van der Waals surface area (Å²) in [5.74, 6) is -0.300. The molecule has 1 aliphatic rings. The molecule has 5 nitrogen and oxygen atoms in total. The molecule has 0 radical (unpaired) electrons. The zero-order valence-corrected chi connectivity index (χ0v) is 17.9. The van der Waals surface area contributed by atoms with Gasteiger partial charge in [-0.15, -0.1) is 0 Å². The van der Waals surface area contributed by atoms with Gasteiger partial charge in [-0.3, -0.25) is 4.79 Å². The molecule has 2 aromatic rings. The van der Waals surface area contributed by atoms with Crippen LogP contribution in [0.2, 0.25) is 0 Å². The Balaban J connectivity index is 1.83. The quantitative estimate of drug-likeness (QED) is 0.691. The minimum atomic E-state index is -0.207. The fourth-order valence-corrected chi connectivity index (χ4v) is 4.03. The number of hydrogen-bond acceptors (Lipinski definition) is 4. The predicted octanol–water partition coefficient (Wildman–Crippen LogP) is 5.00. The molecule has 1 heterocycles. The molecular formula is C24H32N2O3. The highest BCUT2D eigenvalue weighted by atomic mass is 16.3. The Labute approximate surface area is 173 Å². The van der Waals surface area contributed by atoms with Gasteiger partial charge in [0, 0.05) is 37.9 Å². The Morgan fingerprint density at radius 2 is 1.66 bits per heavy atom. The van der Waals surface area contributed by atoms with Crippen LogP contribution in [0.5, 0.6) is 11.5 Å². The summed E-state index contributed by atoms with van der Waals surface area (Å²) >= 11 is 0. The number of hydrogen-bond donors (Lipinski definition) is 2. The second kappa shape index (κ2) is 8.76. The Bertz CT molecular complexity index is 886. The van der Waals surface area contributed by atoms with Crippen molar-refractivity contribution < 1.29 is 15.0 Å². The summed E-state index contributed by atoms with van der Waals surface area (Å²) in [5, 5.41) is 20.3. The van der Waals surface area contributed by atoms with Gasteiger partial charge in [-0.1, -0.05) is 33.8 Å². The van der Waals surface area contributed by atoms with Crippen LogP contribution in [0.3, 0.4) is 0 Å². The first-order valence-corrected chi connectivity index (χ1v) is 10.6. The van der Waals surface area contributed by atoms with Crippen molar-refractivity contribution in [3.8, 4) is 11.5 Å². The van der Waals surface area contributed by atoms with E-state index in [2.05, 4.69) is 36.9 Å². The average molecular weight is 397 g/mol. The second-order valence-corrected chi connectivity index (χ2v) is 8.18. The maximum Gasteiger partial charge on any atom is 0.258 e. The van der Waals surface area contributed by atoms with Gasteiger partial charge in [0.25, 0.3) is 5.91 Å². The fraction of sp³-hybridized carbons (Fsp3) is 0.458. The lowest BCUT2D eigenvalue weighted by atomic mass is 9.98. The molecule has 0 atom stereocenters. The lowest BCUT2D eigenvalue weighted by Crippen LogP contribution is -2.25. The lowest BCUT2D eigenvalue weighted by molar-refractivity contribution is 0.0748. The number of rotatable bonds is 7. The van der Waals surface area contributed by atoms with Crippen molar-refractivity contribution in [3.05, 3.63) is 52.6 Å². The molecule has 156 valence electrons. The highest BCUT2D eigenvalue weighted by Crippen LogP contribution is 2.35. The van der Waals surface area contributed by atoms with Gasteiger partial charge in [-0.25, -0.2) is 0 Å². The number of benzene rings is 2. The summed E-state index contributed by atoms with van der Waals surface area (Å²) in [6.07, 6.45) is 2.19. The molecule has 1 amide bonds. The molecule has 0 fully saturated rings. The van der Waals surface area contributed by atoms with Crippen molar-refractivity contribution in [2.24, 2.45) is 0 Å². The first-order chi connectivity index (χ1) is 13.8. The summed E-state index contributed by atoms with van der Waals surface area (Å²) in [6.45, 7) is 11.4. The van der Waals surface area contributed by atoms with Gasteiger partial charge < -0.3 is 20.0 Å². The second-order valence-electron chi connectivity index (χ2n) is 8.18. The maximum absolute atomic E-state index is 13.1. The number of aromatic hydroxyl groups is 2. The molecule has 0 aromatic heterocycles. The monoisotopic (exact) mass is 396 g/mol. The number of phenols is 2. The van der Waals surface area contributed by atoms with Crippen molar-refractivity contribution in [3.63, 3.8) is 0 Å². The van der Waals surface area contributed by atoms with Crippen LogP contribution in [-0.2, 0) is 13.1 Å². The van der Waals surface area contributed by atoms with Gasteiger partial charge in [0.15, 0.2) is 0 Å². The average Bonchev–Trinajstić information content (AvgIpc) is 3.10. The summed E-state index contributed by atoms with van der Waals surface area (Å²) in [7, 11) is 0. The first-order valence-electron chi connectivity index (χ1n) is 10.6. The van der Waals surface area contributed by atoms with Gasteiger partial charge >= 0.3 is 0 Å². The van der Waals surface area contributed by atoms with Crippen molar-refractivity contribution in [1.82, 2.24) is 4.90 Å². The number of anilines is 1. The molecule has 0 saturated heterocycles. The Kier molecular flexibility index (Phi) is 6.36. The van der Waals surface area contributed by atoms with E-state index in [1.54, 1.807) is 11.0 Å². The van der Waals surface area contributed by atoms with E-state index in [1.165, 1.54) is 11.8 Å². The molecule has 1 aliphatic heterocycles. The molecule has 29 heavy (non-hydrogen) atoms. The Morgan fingerprint density at radius 3 is 2.28 bits per heavy atom. The van der Waals surface area contributed by atoms with Gasteiger partial charge in [0.05, 0.1) is 5.56 Å². The SMILES string of the molecule is CCCN(CCC)c1ccc2c(c1)CN(C(=O)c1cc(C(C)C)c(O)cc1O)C2. The predicted molar refractivity (Wildman–Crippen MR) is 117 cm³/mol. The van der Waals surface area contributed by atoms with Crippen molar-refractivity contribution >= 4 is 11.6 Å². The molecule has 0 spiro atoms. The van der Waals surface area contributed by atoms with Gasteiger partial charge in [0.2, 0.25) is 0 Å². The number of nitrogens with zero attached hydrogens (tertiary/aromatic N) is 2. The number of carbonyl (C=O) groups excluding carboxylic acids is 1. The van der Waals surface area contributed by atoms with Crippen LogP contribution in [0.4, 0.5) is 5.69 Å². The van der Waals surface area contributed by atoms with Gasteiger partial charge in [0.1, 0.15) is 11.5 Å². The van der Waals surface area contributed by atoms with Crippen LogP contribution in [0.15, 0.2) is 30.3 Å². The summed E-state index contributed by atoms with van der Waals surface area (Å²) < 4.78 is 0. The maximum atomic E-state index is 13.1. The third-order valence-corrected chi connectivity index (χ3v) is 5.55. The van der Waals surface area contributed by atoms with E-state index in [1.807, 2.05) is 13.8 Å². The van der Waals surface area contributed by atoms with E-state index >= 15 is 0 Å². The zero-order valence-electron chi connectivity index (χ0n) is 17.9. The van der Waals surface area contributed by atoms with E-state index in [4.69, 9.17) is 0 Å². The van der Waals surface area contributed by atoms with E-state index in [0.29, 0.717) is 18.7 Å². The molecule has 5 heteroatoms. The number of phenolic OH excluding ortho intramolecular Hbond substituents is 2. The normalized spacial score (nSPS) is 13.1. The lowest BCUT2D eigenvalue weighted by Gasteiger charge is -2.24. The van der Waals surface area contributed by atoms with Crippen molar-refractivity contribution in [1.29, 1.82) is 0 Å². The molecule has 0 unspecified atom stereocenters. The Hall–Kier alpha value is -2.69. The minimum absolute atomic E-state index is 0.0235. The Morgan fingerprint density at radius 1 is 1.00 bits per heavy atom. The standard InChI is InChI=1S/C24H32N2O3/c1-5-9-25(10-6-2)19-8-7-17-14-26(15-18(17)11-19)24(29)21-12-20(16(3)4)22(27)13-23(21)28/h7-8,11-13,16,27-28H,5-6,9-10,14-15H2,1-4H3. The van der Waals surface area contributed by atoms with E-state index in [9.17, 15) is 15.0 Å². The molecule has 0 bridgehead atoms.